The average molecular weight is 712 g/mol. The molecule has 0 unspecified atom stereocenters. The number of nitrogens with zero attached hydrogens (tertiary/aromatic N) is 3. The molecule has 0 N–H and O–H groups in total. The first-order chi connectivity index (χ1) is 25.5. The lowest BCUT2D eigenvalue weighted by atomic mass is 9.35. The number of rotatable bonds is 3. The molecule has 53 heavy (non-hydrogen) atoms. The molecule has 260 valence electrons. The van der Waals surface area contributed by atoms with Crippen molar-refractivity contribution in [2.24, 2.45) is 0 Å². The van der Waals surface area contributed by atoms with Gasteiger partial charge in [-0.2, -0.15) is 0 Å². The van der Waals surface area contributed by atoms with Gasteiger partial charge in [0, 0.05) is 39.2 Å². The molecule has 7 aromatic rings. The Morgan fingerprint density at radius 2 is 1.32 bits per heavy atom. The van der Waals surface area contributed by atoms with E-state index in [1.54, 1.807) is 11.8 Å². The van der Waals surface area contributed by atoms with Crippen molar-refractivity contribution in [1.82, 2.24) is 10.3 Å². The van der Waals surface area contributed by atoms with Gasteiger partial charge in [-0.05, 0) is 109 Å². The van der Waals surface area contributed by atoms with Crippen LogP contribution in [-0.2, 0) is 17.3 Å². The van der Waals surface area contributed by atoms with Gasteiger partial charge in [-0.3, -0.25) is 0 Å². The smallest absolute Gasteiger partial charge is 0.253 e. The quantitative estimate of drug-likeness (QED) is 0.169. The third-order valence-corrected chi connectivity index (χ3v) is 12.0. The van der Waals surface area contributed by atoms with Crippen molar-refractivity contribution in [1.29, 1.82) is 0 Å². The largest absolute Gasteiger partial charge is 0.458 e. The Bertz CT molecular complexity index is 2620. The first kappa shape index (κ1) is 32.2. The molecule has 0 spiro atoms. The molecule has 1 aromatic heterocycles. The van der Waals surface area contributed by atoms with Crippen molar-refractivity contribution in [2.75, 3.05) is 4.90 Å². The number of ether oxygens (including phenoxy) is 2. The molecule has 8 heteroatoms. The van der Waals surface area contributed by atoms with Crippen molar-refractivity contribution in [3.05, 3.63) is 131 Å². The molecule has 0 saturated heterocycles. The van der Waals surface area contributed by atoms with Gasteiger partial charge in [0.05, 0.1) is 5.69 Å². The van der Waals surface area contributed by atoms with Gasteiger partial charge in [-0.15, -0.1) is 0 Å². The van der Waals surface area contributed by atoms with Crippen LogP contribution in [0.3, 0.4) is 0 Å². The SMILES string of the molecule is CC(C)(C)c1ccc(N(c2ccc3c(c2)Oc2cc(C(C)(C)C)cc4c2B3c2cc3nonc3cc2S4)c2cccc3c2Cc2ccccc2O3)cc1. The molecule has 0 radical (unpaired) electrons. The standard InChI is InChI=1S/C45H38BN3O3S/c1-44(2,3)27-14-16-29(17-15-27)49(36-11-9-13-38-31(36)20-26-10-7-8-12-37(26)50-38)30-18-19-32-39(23-30)51-40-21-28(45(4,5)6)22-42-43(40)46(32)33-24-34-35(48-52-47-34)25-41(33)53-42/h7-19,21-25H,20H2,1-6H3. The zero-order valence-electron chi connectivity index (χ0n) is 30.7. The molecular weight excluding hydrogens is 673 g/mol. The monoisotopic (exact) mass is 711 g/mol. The summed E-state index contributed by atoms with van der Waals surface area (Å²) in [4.78, 5) is 4.73. The summed E-state index contributed by atoms with van der Waals surface area (Å²) in [5.41, 5.74) is 13.0. The molecule has 0 saturated carbocycles. The van der Waals surface area contributed by atoms with E-state index >= 15 is 0 Å². The zero-order valence-corrected chi connectivity index (χ0v) is 31.5. The Morgan fingerprint density at radius 1 is 0.604 bits per heavy atom. The minimum Gasteiger partial charge on any atom is -0.458 e. The van der Waals surface area contributed by atoms with Crippen LogP contribution in [0.4, 0.5) is 17.1 Å². The van der Waals surface area contributed by atoms with Gasteiger partial charge in [0.1, 0.15) is 34.0 Å². The second-order valence-corrected chi connectivity index (χ2v) is 17.5. The lowest BCUT2D eigenvalue weighted by Crippen LogP contribution is -2.57. The molecule has 6 aromatic carbocycles. The molecule has 0 aliphatic carbocycles. The van der Waals surface area contributed by atoms with E-state index < -0.39 is 0 Å². The fraction of sp³-hybridized carbons (Fsp3) is 0.200. The maximum Gasteiger partial charge on any atom is 0.253 e. The van der Waals surface area contributed by atoms with Gasteiger partial charge in [0.2, 0.25) is 0 Å². The molecule has 4 heterocycles. The second kappa shape index (κ2) is 11.5. The topological polar surface area (TPSA) is 60.6 Å². The Morgan fingerprint density at radius 3 is 2.11 bits per heavy atom. The summed E-state index contributed by atoms with van der Waals surface area (Å²) in [5.74, 6) is 3.54. The van der Waals surface area contributed by atoms with E-state index in [1.165, 1.54) is 32.5 Å². The van der Waals surface area contributed by atoms with Crippen molar-refractivity contribution >= 4 is 63.0 Å². The number of para-hydroxylation sites is 1. The molecule has 3 aliphatic heterocycles. The predicted octanol–water partition coefficient (Wildman–Crippen LogP) is 10.1. The molecule has 0 atom stereocenters. The van der Waals surface area contributed by atoms with Gasteiger partial charge in [0.15, 0.2) is 0 Å². The van der Waals surface area contributed by atoms with Crippen LogP contribution in [0.5, 0.6) is 23.0 Å². The molecule has 0 amide bonds. The molecule has 0 fully saturated rings. The predicted molar refractivity (Wildman–Crippen MR) is 215 cm³/mol. The first-order valence-electron chi connectivity index (χ1n) is 18.2. The summed E-state index contributed by atoms with van der Waals surface area (Å²) >= 11 is 1.78. The number of hydrogen-bond acceptors (Lipinski definition) is 7. The summed E-state index contributed by atoms with van der Waals surface area (Å²) in [6, 6.07) is 39.2. The summed E-state index contributed by atoms with van der Waals surface area (Å²) in [6.45, 7) is 13.5. The maximum atomic E-state index is 7.02. The van der Waals surface area contributed by atoms with Crippen molar-refractivity contribution in [3.63, 3.8) is 0 Å². The van der Waals surface area contributed by atoms with Crippen LogP contribution in [0.2, 0.25) is 0 Å². The number of aromatic nitrogens is 2. The maximum absolute atomic E-state index is 7.02. The first-order valence-corrected chi connectivity index (χ1v) is 19.0. The molecule has 3 aliphatic rings. The van der Waals surface area contributed by atoms with Gasteiger partial charge in [0.25, 0.3) is 6.71 Å². The molecule has 0 bridgehead atoms. The summed E-state index contributed by atoms with van der Waals surface area (Å²) in [5, 5.41) is 8.40. The van der Waals surface area contributed by atoms with Crippen LogP contribution in [0, 0.1) is 0 Å². The van der Waals surface area contributed by atoms with Crippen LogP contribution in [0.15, 0.2) is 124 Å². The van der Waals surface area contributed by atoms with Crippen molar-refractivity contribution in [3.8, 4) is 23.0 Å². The van der Waals surface area contributed by atoms with E-state index in [2.05, 4.69) is 160 Å². The lowest BCUT2D eigenvalue weighted by Gasteiger charge is -2.36. The fourth-order valence-corrected chi connectivity index (χ4v) is 9.18. The lowest BCUT2D eigenvalue weighted by molar-refractivity contribution is 0.315. The van der Waals surface area contributed by atoms with E-state index in [9.17, 15) is 0 Å². The minimum absolute atomic E-state index is 0.0296. The zero-order chi connectivity index (χ0) is 36.2. The normalized spacial score (nSPS) is 14.0. The average Bonchev–Trinajstić information content (AvgIpc) is 3.60. The fourth-order valence-electron chi connectivity index (χ4n) is 7.97. The Kier molecular flexibility index (Phi) is 7.00. The number of benzene rings is 6. The van der Waals surface area contributed by atoms with Crippen molar-refractivity contribution in [2.45, 2.75) is 68.6 Å². The van der Waals surface area contributed by atoms with E-state index in [0.717, 1.165) is 73.4 Å². The summed E-state index contributed by atoms with van der Waals surface area (Å²) in [6.07, 6.45) is 0.771. The highest BCUT2D eigenvalue weighted by molar-refractivity contribution is 8.00. The van der Waals surface area contributed by atoms with Crippen LogP contribution < -0.4 is 30.8 Å². The number of fused-ring (bicyclic) bond motifs is 7. The number of hydrogen-bond donors (Lipinski definition) is 0. The second-order valence-electron chi connectivity index (χ2n) is 16.4. The highest BCUT2D eigenvalue weighted by atomic mass is 32.2. The van der Waals surface area contributed by atoms with Gasteiger partial charge in [-0.25, -0.2) is 4.63 Å². The Hall–Kier alpha value is -5.47. The third-order valence-electron chi connectivity index (χ3n) is 10.9. The van der Waals surface area contributed by atoms with Gasteiger partial charge < -0.3 is 14.4 Å². The Balaban J connectivity index is 1.16. The van der Waals surface area contributed by atoms with E-state index in [4.69, 9.17) is 14.1 Å². The summed E-state index contributed by atoms with van der Waals surface area (Å²) in [7, 11) is 0. The van der Waals surface area contributed by atoms with E-state index in [-0.39, 0.29) is 17.5 Å². The third kappa shape index (κ3) is 5.25. The van der Waals surface area contributed by atoms with Crippen molar-refractivity contribution < 1.29 is 14.1 Å². The van der Waals surface area contributed by atoms with Gasteiger partial charge >= 0.3 is 0 Å². The highest BCUT2D eigenvalue weighted by Gasteiger charge is 2.41. The highest BCUT2D eigenvalue weighted by Crippen LogP contribution is 2.47. The molecule has 6 nitrogen and oxygen atoms in total. The summed E-state index contributed by atoms with van der Waals surface area (Å²) < 4.78 is 18.7. The van der Waals surface area contributed by atoms with E-state index in [1.807, 2.05) is 6.07 Å². The van der Waals surface area contributed by atoms with Crippen LogP contribution in [0.1, 0.15) is 63.8 Å². The Labute approximate surface area is 314 Å². The van der Waals surface area contributed by atoms with Crippen LogP contribution >= 0.6 is 11.8 Å². The molecular formula is C45H38BN3O3S. The minimum atomic E-state index is -0.0591. The van der Waals surface area contributed by atoms with Gasteiger partial charge in [-0.1, -0.05) is 101 Å². The molecule has 10 rings (SSSR count). The number of anilines is 3. The van der Waals surface area contributed by atoms with E-state index in [0.29, 0.717) is 0 Å². The van der Waals surface area contributed by atoms with Crippen LogP contribution in [-0.4, -0.2) is 17.0 Å². The van der Waals surface area contributed by atoms with Crippen LogP contribution in [0.25, 0.3) is 11.0 Å².